The summed E-state index contributed by atoms with van der Waals surface area (Å²) in [7, 11) is 0. The van der Waals surface area contributed by atoms with Crippen LogP contribution in [0.5, 0.6) is 5.75 Å². The predicted octanol–water partition coefficient (Wildman–Crippen LogP) is 3.61. The van der Waals surface area contributed by atoms with Gasteiger partial charge in [0.1, 0.15) is 18.5 Å². The van der Waals surface area contributed by atoms with Crippen LogP contribution in [0.3, 0.4) is 0 Å². The van der Waals surface area contributed by atoms with Gasteiger partial charge in [0.2, 0.25) is 0 Å². The minimum Gasteiger partial charge on any atom is -0.491 e. The van der Waals surface area contributed by atoms with Gasteiger partial charge >= 0.3 is 0 Å². The number of hydrogen-bond acceptors (Lipinski definition) is 3. The summed E-state index contributed by atoms with van der Waals surface area (Å²) in [6, 6.07) is 15.6. The van der Waals surface area contributed by atoms with Crippen molar-refractivity contribution in [2.75, 3.05) is 18.5 Å². The van der Waals surface area contributed by atoms with Crippen molar-refractivity contribution in [2.45, 2.75) is 13.0 Å². The fourth-order valence-corrected chi connectivity index (χ4v) is 2.21. The number of ether oxygens (including phenoxy) is 1. The van der Waals surface area contributed by atoms with Crippen LogP contribution in [0.2, 0.25) is 0 Å². The van der Waals surface area contributed by atoms with Gasteiger partial charge in [-0.1, -0.05) is 24.3 Å². The Morgan fingerprint density at radius 2 is 2.00 bits per heavy atom. The molecule has 2 aromatic rings. The molecule has 0 saturated heterocycles. The Morgan fingerprint density at radius 3 is 2.75 bits per heavy atom. The van der Waals surface area contributed by atoms with Crippen LogP contribution in [0.4, 0.5) is 5.69 Å². The highest BCUT2D eigenvalue weighted by molar-refractivity contribution is 9.10. The van der Waals surface area contributed by atoms with Gasteiger partial charge in [0.05, 0.1) is 0 Å². The highest BCUT2D eigenvalue weighted by Crippen LogP contribution is 2.21. The van der Waals surface area contributed by atoms with Gasteiger partial charge in [-0.2, -0.15) is 0 Å². The van der Waals surface area contributed by atoms with Gasteiger partial charge in [-0.15, -0.1) is 0 Å². The molecule has 20 heavy (non-hydrogen) atoms. The molecule has 3 nitrogen and oxygen atoms in total. The molecule has 1 atom stereocenters. The molecule has 4 heteroatoms. The van der Waals surface area contributed by atoms with Gasteiger partial charge < -0.3 is 15.2 Å². The van der Waals surface area contributed by atoms with Crippen LogP contribution in [-0.2, 0) is 0 Å². The van der Waals surface area contributed by atoms with E-state index in [-0.39, 0.29) is 6.61 Å². The fourth-order valence-electron chi connectivity index (χ4n) is 1.79. The van der Waals surface area contributed by atoms with Crippen molar-refractivity contribution in [3.05, 3.63) is 58.6 Å². The molecule has 0 aromatic heterocycles. The number of aryl methyl sites for hydroxylation is 1. The lowest BCUT2D eigenvalue weighted by molar-refractivity contribution is 0.117. The van der Waals surface area contributed by atoms with E-state index in [1.807, 2.05) is 55.5 Å². The number of halogens is 1. The highest BCUT2D eigenvalue weighted by Gasteiger charge is 2.06. The van der Waals surface area contributed by atoms with Crippen LogP contribution >= 0.6 is 15.9 Å². The fraction of sp³-hybridized carbons (Fsp3) is 0.250. The first-order chi connectivity index (χ1) is 9.65. The largest absolute Gasteiger partial charge is 0.491 e. The van der Waals surface area contributed by atoms with Crippen molar-refractivity contribution < 1.29 is 9.84 Å². The summed E-state index contributed by atoms with van der Waals surface area (Å²) < 4.78 is 6.54. The van der Waals surface area contributed by atoms with Gasteiger partial charge in [0, 0.05) is 16.7 Å². The third-order valence-corrected chi connectivity index (χ3v) is 3.53. The predicted molar refractivity (Wildman–Crippen MR) is 85.3 cm³/mol. The average Bonchev–Trinajstić information content (AvgIpc) is 2.44. The Balaban J connectivity index is 1.78. The molecule has 2 rings (SSSR count). The number of anilines is 1. The molecule has 0 spiro atoms. The highest BCUT2D eigenvalue weighted by atomic mass is 79.9. The van der Waals surface area contributed by atoms with Crippen molar-refractivity contribution in [3.8, 4) is 5.75 Å². The minimum absolute atomic E-state index is 0.265. The van der Waals surface area contributed by atoms with E-state index in [2.05, 4.69) is 21.2 Å². The third-order valence-electron chi connectivity index (χ3n) is 2.83. The number of hydrogen-bond donors (Lipinski definition) is 2. The zero-order valence-corrected chi connectivity index (χ0v) is 12.9. The second-order valence-corrected chi connectivity index (χ2v) is 5.50. The van der Waals surface area contributed by atoms with E-state index in [4.69, 9.17) is 4.74 Å². The second-order valence-electron chi connectivity index (χ2n) is 4.64. The Kier molecular flexibility index (Phi) is 5.44. The Labute approximate surface area is 127 Å². The lowest BCUT2D eigenvalue weighted by Crippen LogP contribution is -2.26. The summed E-state index contributed by atoms with van der Waals surface area (Å²) in [4.78, 5) is 0. The normalized spacial score (nSPS) is 11.9. The third kappa shape index (κ3) is 4.54. The zero-order chi connectivity index (χ0) is 14.4. The Hall–Kier alpha value is -1.52. The monoisotopic (exact) mass is 335 g/mol. The number of para-hydroxylation sites is 1. The first kappa shape index (κ1) is 14.9. The summed E-state index contributed by atoms with van der Waals surface area (Å²) in [5, 5.41) is 13.1. The van der Waals surface area contributed by atoms with Crippen LogP contribution < -0.4 is 10.1 Å². The molecule has 0 amide bonds. The van der Waals surface area contributed by atoms with Crippen molar-refractivity contribution in [1.82, 2.24) is 0 Å². The average molecular weight is 336 g/mol. The molecule has 0 fully saturated rings. The van der Waals surface area contributed by atoms with Gasteiger partial charge in [-0.25, -0.2) is 0 Å². The van der Waals surface area contributed by atoms with Crippen molar-refractivity contribution >= 4 is 21.6 Å². The Bertz CT molecular complexity index is 560. The first-order valence-electron chi connectivity index (χ1n) is 6.51. The number of benzene rings is 2. The summed E-state index contributed by atoms with van der Waals surface area (Å²) in [5.74, 6) is 0.782. The van der Waals surface area contributed by atoms with E-state index in [0.29, 0.717) is 6.54 Å². The van der Waals surface area contributed by atoms with Crippen LogP contribution in [0.15, 0.2) is 53.0 Å². The molecule has 0 bridgehead atoms. The van der Waals surface area contributed by atoms with Crippen molar-refractivity contribution in [1.29, 1.82) is 0 Å². The maximum absolute atomic E-state index is 9.93. The summed E-state index contributed by atoms with van der Waals surface area (Å²) >= 11 is 3.45. The van der Waals surface area contributed by atoms with Crippen LogP contribution in [0.25, 0.3) is 0 Å². The van der Waals surface area contributed by atoms with Gasteiger partial charge in [0.25, 0.3) is 0 Å². The minimum atomic E-state index is -0.567. The molecule has 106 valence electrons. The SMILES string of the molecule is Cc1cccc(OCC(O)CNc2ccccc2Br)c1. The quantitative estimate of drug-likeness (QED) is 0.847. The number of rotatable bonds is 6. The van der Waals surface area contributed by atoms with E-state index in [9.17, 15) is 5.11 Å². The number of nitrogens with one attached hydrogen (secondary N) is 1. The summed E-state index contributed by atoms with van der Waals surface area (Å²) in [6.45, 7) is 2.72. The molecule has 0 aliphatic carbocycles. The maximum Gasteiger partial charge on any atom is 0.119 e. The Morgan fingerprint density at radius 1 is 1.20 bits per heavy atom. The van der Waals surface area contributed by atoms with Crippen molar-refractivity contribution in [2.24, 2.45) is 0 Å². The lowest BCUT2D eigenvalue weighted by atomic mass is 10.2. The van der Waals surface area contributed by atoms with Crippen molar-refractivity contribution in [3.63, 3.8) is 0 Å². The maximum atomic E-state index is 9.93. The van der Waals surface area contributed by atoms with Crippen LogP contribution in [-0.4, -0.2) is 24.4 Å². The second kappa shape index (κ2) is 7.31. The molecule has 2 aromatic carbocycles. The van der Waals surface area contributed by atoms with Crippen LogP contribution in [0.1, 0.15) is 5.56 Å². The molecule has 0 radical (unpaired) electrons. The summed E-state index contributed by atoms with van der Waals surface area (Å²) in [5.41, 5.74) is 2.10. The molecular formula is C16H18BrNO2. The lowest BCUT2D eigenvalue weighted by Gasteiger charge is -2.15. The van der Waals surface area contributed by atoms with Gasteiger partial charge in [-0.3, -0.25) is 0 Å². The first-order valence-corrected chi connectivity index (χ1v) is 7.30. The van der Waals surface area contributed by atoms with E-state index in [0.717, 1.165) is 21.5 Å². The number of aliphatic hydroxyl groups excluding tert-OH is 1. The van der Waals surface area contributed by atoms with Crippen LogP contribution in [0, 0.1) is 6.92 Å². The smallest absolute Gasteiger partial charge is 0.119 e. The zero-order valence-electron chi connectivity index (χ0n) is 11.3. The van der Waals surface area contributed by atoms with Gasteiger partial charge in [-0.05, 0) is 52.7 Å². The molecule has 0 heterocycles. The standard InChI is InChI=1S/C16H18BrNO2/c1-12-5-4-6-14(9-12)20-11-13(19)10-18-16-8-3-2-7-15(16)17/h2-9,13,18-19H,10-11H2,1H3. The molecular weight excluding hydrogens is 318 g/mol. The topological polar surface area (TPSA) is 41.5 Å². The molecule has 2 N–H and O–H groups in total. The van der Waals surface area contributed by atoms with Gasteiger partial charge in [0.15, 0.2) is 0 Å². The molecule has 0 aliphatic heterocycles. The molecule has 0 aliphatic rings. The number of aliphatic hydroxyl groups is 1. The molecule has 0 saturated carbocycles. The van der Waals surface area contributed by atoms with E-state index in [1.165, 1.54) is 0 Å². The van der Waals surface area contributed by atoms with E-state index < -0.39 is 6.10 Å². The van der Waals surface area contributed by atoms with E-state index >= 15 is 0 Å². The van der Waals surface area contributed by atoms with E-state index in [1.54, 1.807) is 0 Å². The molecule has 1 unspecified atom stereocenters. The summed E-state index contributed by atoms with van der Waals surface area (Å²) in [6.07, 6.45) is -0.567.